The number of anilines is 2. The summed E-state index contributed by atoms with van der Waals surface area (Å²) in [6.07, 6.45) is 0. The van der Waals surface area contributed by atoms with E-state index in [9.17, 15) is 9.59 Å². The molecule has 0 aliphatic heterocycles. The van der Waals surface area contributed by atoms with Crippen molar-refractivity contribution in [1.29, 1.82) is 0 Å². The van der Waals surface area contributed by atoms with Crippen molar-refractivity contribution in [2.45, 2.75) is 13.5 Å². The lowest BCUT2D eigenvalue weighted by Crippen LogP contribution is -2.31. The van der Waals surface area contributed by atoms with Gasteiger partial charge in [-0.3, -0.25) is 9.59 Å². The minimum Gasteiger partial charge on any atom is -0.482 e. The molecule has 6 heteroatoms. The average molecular weight is 355 g/mol. The van der Waals surface area contributed by atoms with E-state index in [0.717, 1.165) is 11.3 Å². The standard InChI is InChI=1S/C20H25N3O3/c1-15(24)21-18-7-5-6-8-19(18)26-14-20(25)23(4)13-16-9-11-17(12-10-16)22(2)3/h5-12H,13-14H2,1-4H3,(H,21,24). The third-order valence-corrected chi connectivity index (χ3v) is 3.85. The molecule has 0 bridgehead atoms. The molecule has 6 nitrogen and oxygen atoms in total. The lowest BCUT2D eigenvalue weighted by atomic mass is 10.2. The first-order valence-corrected chi connectivity index (χ1v) is 8.36. The van der Waals surface area contributed by atoms with Crippen molar-refractivity contribution in [1.82, 2.24) is 4.90 Å². The Balaban J connectivity index is 1.92. The highest BCUT2D eigenvalue weighted by atomic mass is 16.5. The molecule has 2 rings (SSSR count). The van der Waals surface area contributed by atoms with Gasteiger partial charge in [0.1, 0.15) is 5.75 Å². The van der Waals surface area contributed by atoms with E-state index in [1.165, 1.54) is 6.92 Å². The fourth-order valence-electron chi connectivity index (χ4n) is 2.40. The van der Waals surface area contributed by atoms with Gasteiger partial charge in [-0.2, -0.15) is 0 Å². The van der Waals surface area contributed by atoms with Crippen molar-refractivity contribution in [3.8, 4) is 5.75 Å². The van der Waals surface area contributed by atoms with Crippen molar-refractivity contribution in [3.05, 3.63) is 54.1 Å². The molecule has 0 radical (unpaired) electrons. The van der Waals surface area contributed by atoms with Crippen LogP contribution in [0.3, 0.4) is 0 Å². The lowest BCUT2D eigenvalue weighted by Gasteiger charge is -2.19. The maximum absolute atomic E-state index is 12.3. The van der Waals surface area contributed by atoms with Crippen molar-refractivity contribution in [2.75, 3.05) is 38.0 Å². The highest BCUT2D eigenvalue weighted by Gasteiger charge is 2.12. The van der Waals surface area contributed by atoms with Crippen molar-refractivity contribution in [2.24, 2.45) is 0 Å². The second kappa shape index (κ2) is 8.89. The number of nitrogens with zero attached hydrogens (tertiary/aromatic N) is 2. The van der Waals surface area contributed by atoms with Gasteiger partial charge in [0.2, 0.25) is 5.91 Å². The molecule has 26 heavy (non-hydrogen) atoms. The second-order valence-corrected chi connectivity index (χ2v) is 6.28. The zero-order valence-electron chi connectivity index (χ0n) is 15.7. The van der Waals surface area contributed by atoms with Gasteiger partial charge in [-0.15, -0.1) is 0 Å². The molecule has 0 atom stereocenters. The van der Waals surface area contributed by atoms with Gasteiger partial charge in [0.05, 0.1) is 5.69 Å². The number of hydrogen-bond acceptors (Lipinski definition) is 4. The van der Waals surface area contributed by atoms with E-state index in [2.05, 4.69) is 5.32 Å². The van der Waals surface area contributed by atoms with Crippen molar-refractivity contribution in [3.63, 3.8) is 0 Å². The maximum atomic E-state index is 12.3. The van der Waals surface area contributed by atoms with Crippen LogP contribution in [0.4, 0.5) is 11.4 Å². The largest absolute Gasteiger partial charge is 0.482 e. The zero-order chi connectivity index (χ0) is 19.1. The first-order valence-electron chi connectivity index (χ1n) is 8.36. The molecule has 2 aromatic rings. The summed E-state index contributed by atoms with van der Waals surface area (Å²) in [5, 5.41) is 2.69. The molecule has 2 amide bonds. The van der Waals surface area contributed by atoms with E-state index in [1.807, 2.05) is 43.3 Å². The van der Waals surface area contributed by atoms with Gasteiger partial charge in [0, 0.05) is 40.3 Å². The number of nitrogens with one attached hydrogen (secondary N) is 1. The molecular formula is C20H25N3O3. The van der Waals surface area contributed by atoms with Gasteiger partial charge in [0.15, 0.2) is 6.61 Å². The Morgan fingerprint density at radius 2 is 1.65 bits per heavy atom. The molecule has 138 valence electrons. The second-order valence-electron chi connectivity index (χ2n) is 6.28. The molecule has 0 aliphatic carbocycles. The third-order valence-electron chi connectivity index (χ3n) is 3.85. The van der Waals surface area contributed by atoms with Crippen LogP contribution in [-0.4, -0.2) is 44.5 Å². The fourth-order valence-corrected chi connectivity index (χ4v) is 2.40. The highest BCUT2D eigenvalue weighted by molar-refractivity contribution is 5.90. The molecule has 0 fully saturated rings. The van der Waals surface area contributed by atoms with Gasteiger partial charge < -0.3 is 19.9 Å². The number of likely N-dealkylation sites (N-methyl/N-ethyl adjacent to an activating group) is 1. The van der Waals surface area contributed by atoms with Gasteiger partial charge in [-0.05, 0) is 29.8 Å². The summed E-state index contributed by atoms with van der Waals surface area (Å²) in [7, 11) is 5.72. The normalized spacial score (nSPS) is 10.2. The number of ether oxygens (including phenoxy) is 1. The summed E-state index contributed by atoms with van der Waals surface area (Å²) in [5.41, 5.74) is 2.71. The Kier molecular flexibility index (Phi) is 6.60. The summed E-state index contributed by atoms with van der Waals surface area (Å²) in [5.74, 6) is 0.143. The molecule has 1 N–H and O–H groups in total. The summed E-state index contributed by atoms with van der Waals surface area (Å²) in [4.78, 5) is 27.2. The number of benzene rings is 2. The Morgan fingerprint density at radius 3 is 2.27 bits per heavy atom. The molecule has 0 saturated carbocycles. The van der Waals surface area contributed by atoms with Crippen LogP contribution in [0.25, 0.3) is 0 Å². The number of amides is 2. The Labute approximate surface area is 154 Å². The molecular weight excluding hydrogens is 330 g/mol. The Bertz CT molecular complexity index is 757. The number of rotatable bonds is 7. The average Bonchev–Trinajstić information content (AvgIpc) is 2.60. The fraction of sp³-hybridized carbons (Fsp3) is 0.300. The predicted octanol–water partition coefficient (Wildman–Crippen LogP) is 2.75. The monoisotopic (exact) mass is 355 g/mol. The highest BCUT2D eigenvalue weighted by Crippen LogP contribution is 2.23. The van der Waals surface area contributed by atoms with E-state index in [0.29, 0.717) is 18.0 Å². The maximum Gasteiger partial charge on any atom is 0.260 e. The molecule has 0 aliphatic rings. The summed E-state index contributed by atoms with van der Waals surface area (Å²) in [6.45, 7) is 1.84. The van der Waals surface area contributed by atoms with Crippen LogP contribution in [0.5, 0.6) is 5.75 Å². The van der Waals surface area contributed by atoms with Crippen molar-refractivity contribution < 1.29 is 14.3 Å². The number of hydrogen-bond donors (Lipinski definition) is 1. The quantitative estimate of drug-likeness (QED) is 0.830. The van der Waals surface area contributed by atoms with Crippen LogP contribution >= 0.6 is 0 Å². The lowest BCUT2D eigenvalue weighted by molar-refractivity contribution is -0.132. The molecule has 0 spiro atoms. The van der Waals surface area contributed by atoms with E-state index in [1.54, 1.807) is 36.2 Å². The molecule has 0 unspecified atom stereocenters. The van der Waals surface area contributed by atoms with E-state index < -0.39 is 0 Å². The van der Waals surface area contributed by atoms with Gasteiger partial charge in [-0.25, -0.2) is 0 Å². The summed E-state index contributed by atoms with van der Waals surface area (Å²) >= 11 is 0. The summed E-state index contributed by atoms with van der Waals surface area (Å²) in [6, 6.07) is 15.1. The molecule has 0 heterocycles. The zero-order valence-corrected chi connectivity index (χ0v) is 15.7. The van der Waals surface area contributed by atoms with E-state index >= 15 is 0 Å². The van der Waals surface area contributed by atoms with E-state index in [4.69, 9.17) is 4.74 Å². The number of carbonyl (C=O) groups excluding carboxylic acids is 2. The van der Waals surface area contributed by atoms with Gasteiger partial charge >= 0.3 is 0 Å². The third kappa shape index (κ3) is 5.51. The van der Waals surface area contributed by atoms with Crippen LogP contribution in [0, 0.1) is 0 Å². The SMILES string of the molecule is CC(=O)Nc1ccccc1OCC(=O)N(C)Cc1ccc(N(C)C)cc1. The van der Waals surface area contributed by atoms with Gasteiger partial charge in [0.25, 0.3) is 5.91 Å². The van der Waals surface area contributed by atoms with E-state index in [-0.39, 0.29) is 18.4 Å². The van der Waals surface area contributed by atoms with Crippen LogP contribution in [-0.2, 0) is 16.1 Å². The smallest absolute Gasteiger partial charge is 0.260 e. The van der Waals surface area contributed by atoms with Crippen molar-refractivity contribution >= 4 is 23.2 Å². The van der Waals surface area contributed by atoms with Gasteiger partial charge in [-0.1, -0.05) is 24.3 Å². The topological polar surface area (TPSA) is 61.9 Å². The Morgan fingerprint density at radius 1 is 1.00 bits per heavy atom. The first kappa shape index (κ1) is 19.3. The minimum atomic E-state index is -0.189. The number of carbonyl (C=O) groups is 2. The van der Waals surface area contributed by atoms with Crippen LogP contribution in [0.15, 0.2) is 48.5 Å². The number of para-hydroxylation sites is 2. The predicted molar refractivity (Wildman–Crippen MR) is 103 cm³/mol. The molecule has 2 aromatic carbocycles. The minimum absolute atomic E-state index is 0.0944. The molecule has 0 aromatic heterocycles. The van der Waals surface area contributed by atoms with Crippen LogP contribution < -0.4 is 15.0 Å². The van der Waals surface area contributed by atoms with Crippen LogP contribution in [0.2, 0.25) is 0 Å². The Hall–Kier alpha value is -3.02. The summed E-state index contributed by atoms with van der Waals surface area (Å²) < 4.78 is 5.60. The van der Waals surface area contributed by atoms with Crippen LogP contribution in [0.1, 0.15) is 12.5 Å². The molecule has 0 saturated heterocycles. The first-order chi connectivity index (χ1) is 12.4.